The Kier molecular flexibility index (Phi) is 9.39. The van der Waals surface area contributed by atoms with Gasteiger partial charge >= 0.3 is 12.1 Å². The Morgan fingerprint density at radius 1 is 1.22 bits per heavy atom. The van der Waals surface area contributed by atoms with Gasteiger partial charge in [-0.15, -0.1) is 0 Å². The first-order chi connectivity index (χ1) is 10.7. The van der Waals surface area contributed by atoms with E-state index in [0.717, 1.165) is 0 Å². The molecular weight excluding hydrogens is 302 g/mol. The van der Waals surface area contributed by atoms with Crippen LogP contribution in [-0.4, -0.2) is 43.3 Å². The highest BCUT2D eigenvalue weighted by Gasteiger charge is 2.24. The van der Waals surface area contributed by atoms with Crippen molar-refractivity contribution in [3.63, 3.8) is 0 Å². The number of hydrogen-bond acceptors (Lipinski definition) is 6. The summed E-state index contributed by atoms with van der Waals surface area (Å²) in [5, 5.41) is 13.4. The van der Waals surface area contributed by atoms with E-state index in [2.05, 4.69) is 15.4 Å². The summed E-state index contributed by atoms with van der Waals surface area (Å²) in [4.78, 5) is 34.5. The van der Waals surface area contributed by atoms with Crippen molar-refractivity contribution in [1.29, 1.82) is 5.26 Å². The monoisotopic (exact) mass is 327 g/mol. The second-order valence-corrected chi connectivity index (χ2v) is 5.90. The fourth-order valence-electron chi connectivity index (χ4n) is 1.68. The summed E-state index contributed by atoms with van der Waals surface area (Å²) in [5.74, 6) is -0.881. The molecule has 2 N–H and O–H groups in total. The van der Waals surface area contributed by atoms with Crippen LogP contribution in [0.3, 0.4) is 0 Å². The van der Waals surface area contributed by atoms with Crippen LogP contribution in [0.15, 0.2) is 0 Å². The highest BCUT2D eigenvalue weighted by Crippen LogP contribution is 2.08. The Balaban J connectivity index is 4.22. The summed E-state index contributed by atoms with van der Waals surface area (Å²) in [6.45, 7) is 5.58. The predicted octanol–water partition coefficient (Wildman–Crippen LogP) is 1.25. The average Bonchev–Trinajstić information content (AvgIpc) is 2.43. The van der Waals surface area contributed by atoms with Gasteiger partial charge in [0.05, 0.1) is 13.2 Å². The molecule has 8 nitrogen and oxygen atoms in total. The number of ether oxygens (including phenoxy) is 2. The number of esters is 1. The maximum atomic E-state index is 11.7. The molecule has 1 atom stereocenters. The molecule has 0 aromatic heterocycles. The summed E-state index contributed by atoms with van der Waals surface area (Å²) in [5.41, 5.74) is -0.657. The predicted molar refractivity (Wildman–Crippen MR) is 82.3 cm³/mol. The van der Waals surface area contributed by atoms with Gasteiger partial charge in [0.25, 0.3) is 0 Å². The van der Waals surface area contributed by atoms with Crippen LogP contribution in [-0.2, 0) is 19.1 Å². The molecule has 0 saturated carbocycles. The molecule has 23 heavy (non-hydrogen) atoms. The van der Waals surface area contributed by atoms with Crippen molar-refractivity contribution >= 4 is 18.0 Å². The van der Waals surface area contributed by atoms with Gasteiger partial charge in [-0.05, 0) is 40.0 Å². The molecule has 8 heteroatoms. The summed E-state index contributed by atoms with van der Waals surface area (Å²) in [6.07, 6.45) is 0.698. The van der Waals surface area contributed by atoms with Crippen LogP contribution < -0.4 is 10.6 Å². The zero-order valence-electron chi connectivity index (χ0n) is 14.1. The van der Waals surface area contributed by atoms with Crippen LogP contribution in [0.25, 0.3) is 0 Å². The second-order valence-electron chi connectivity index (χ2n) is 5.90. The van der Waals surface area contributed by atoms with Crippen LogP contribution in [0.4, 0.5) is 4.79 Å². The van der Waals surface area contributed by atoms with Crippen LogP contribution >= 0.6 is 0 Å². The number of carbonyl (C=O) groups excluding carboxylic acids is 3. The maximum absolute atomic E-state index is 11.7. The molecule has 0 aliphatic rings. The first-order valence-corrected chi connectivity index (χ1v) is 7.40. The van der Waals surface area contributed by atoms with E-state index in [1.807, 2.05) is 0 Å². The van der Waals surface area contributed by atoms with Crippen LogP contribution in [0.1, 0.15) is 46.5 Å². The molecule has 0 heterocycles. The number of alkyl carbamates (subject to hydrolysis) is 1. The van der Waals surface area contributed by atoms with Crippen molar-refractivity contribution in [2.45, 2.75) is 58.1 Å². The van der Waals surface area contributed by atoms with Gasteiger partial charge in [-0.1, -0.05) is 0 Å². The first-order valence-electron chi connectivity index (χ1n) is 7.40. The van der Waals surface area contributed by atoms with Gasteiger partial charge in [0, 0.05) is 6.54 Å². The van der Waals surface area contributed by atoms with E-state index in [-0.39, 0.29) is 12.3 Å². The number of nitrogens with one attached hydrogen (secondary N) is 2. The lowest BCUT2D eigenvalue weighted by Crippen LogP contribution is -2.44. The smallest absolute Gasteiger partial charge is 0.408 e. The quantitative estimate of drug-likeness (QED) is 0.512. The van der Waals surface area contributed by atoms with Crippen molar-refractivity contribution in [2.75, 3.05) is 13.7 Å². The molecule has 0 radical (unpaired) electrons. The van der Waals surface area contributed by atoms with Gasteiger partial charge in [0.1, 0.15) is 18.1 Å². The van der Waals surface area contributed by atoms with E-state index in [0.29, 0.717) is 25.8 Å². The Hall–Kier alpha value is -2.30. The van der Waals surface area contributed by atoms with E-state index >= 15 is 0 Å². The van der Waals surface area contributed by atoms with Gasteiger partial charge < -0.3 is 20.1 Å². The summed E-state index contributed by atoms with van der Waals surface area (Å²) in [7, 11) is 1.24. The van der Waals surface area contributed by atoms with E-state index in [9.17, 15) is 14.4 Å². The van der Waals surface area contributed by atoms with Crippen LogP contribution in [0, 0.1) is 11.3 Å². The van der Waals surface area contributed by atoms with Gasteiger partial charge in [-0.25, -0.2) is 9.59 Å². The van der Waals surface area contributed by atoms with Gasteiger partial charge in [-0.3, -0.25) is 4.79 Å². The van der Waals surface area contributed by atoms with Crippen molar-refractivity contribution < 1.29 is 23.9 Å². The maximum Gasteiger partial charge on any atom is 0.408 e. The zero-order chi connectivity index (χ0) is 17.9. The van der Waals surface area contributed by atoms with Crippen molar-refractivity contribution in [3.8, 4) is 6.07 Å². The lowest BCUT2D eigenvalue weighted by molar-refractivity contribution is -0.143. The van der Waals surface area contributed by atoms with E-state index in [1.54, 1.807) is 26.8 Å². The number of hydrogen-bond donors (Lipinski definition) is 2. The lowest BCUT2D eigenvalue weighted by atomic mass is 10.1. The molecule has 0 bridgehead atoms. The minimum absolute atomic E-state index is 0.176. The van der Waals surface area contributed by atoms with Crippen molar-refractivity contribution in [3.05, 3.63) is 0 Å². The molecule has 130 valence electrons. The molecule has 0 spiro atoms. The normalized spacial score (nSPS) is 11.8. The summed E-state index contributed by atoms with van der Waals surface area (Å²) in [6, 6.07) is 0.953. The molecule has 1 unspecified atom stereocenters. The Bertz CT molecular complexity index is 451. The molecule has 0 aliphatic carbocycles. The van der Waals surface area contributed by atoms with Crippen molar-refractivity contribution in [1.82, 2.24) is 10.6 Å². The number of nitriles is 1. The van der Waals surface area contributed by atoms with E-state index < -0.39 is 23.7 Å². The Labute approximate surface area is 136 Å². The number of rotatable bonds is 8. The van der Waals surface area contributed by atoms with Gasteiger partial charge in [-0.2, -0.15) is 5.26 Å². The number of nitrogens with zero attached hydrogens (tertiary/aromatic N) is 1. The Morgan fingerprint density at radius 3 is 2.39 bits per heavy atom. The summed E-state index contributed by atoms with van der Waals surface area (Å²) >= 11 is 0. The highest BCUT2D eigenvalue weighted by atomic mass is 16.6. The molecule has 0 aromatic carbocycles. The number of unbranched alkanes of at least 4 members (excludes halogenated alkanes) is 1. The number of amides is 2. The molecule has 0 saturated heterocycles. The number of carbonyl (C=O) groups is 3. The molecule has 0 rings (SSSR count). The third kappa shape index (κ3) is 11.0. The summed E-state index contributed by atoms with van der Waals surface area (Å²) < 4.78 is 9.76. The first kappa shape index (κ1) is 20.7. The van der Waals surface area contributed by atoms with Crippen molar-refractivity contribution in [2.24, 2.45) is 0 Å². The fourth-order valence-corrected chi connectivity index (χ4v) is 1.68. The molecular formula is C15H25N3O5. The topological polar surface area (TPSA) is 118 Å². The second kappa shape index (κ2) is 10.4. The fraction of sp³-hybridized carbons (Fsp3) is 0.733. The highest BCUT2D eigenvalue weighted by molar-refractivity contribution is 5.81. The molecule has 2 amide bonds. The van der Waals surface area contributed by atoms with Crippen LogP contribution in [0.5, 0.6) is 0 Å². The minimum Gasteiger partial charge on any atom is -0.467 e. The standard InChI is InChI=1S/C15H25N3O5/c1-15(2,3)23-14(21)18-11(13(20)22-4)7-5-6-10-17-12(19)8-9-16/h11H,5-8,10H2,1-4H3,(H,17,19)(H,18,21). The number of methoxy groups -OCH3 is 1. The lowest BCUT2D eigenvalue weighted by Gasteiger charge is -2.22. The van der Waals surface area contributed by atoms with Gasteiger partial charge in [0.2, 0.25) is 5.91 Å². The van der Waals surface area contributed by atoms with E-state index in [1.165, 1.54) is 7.11 Å². The molecule has 0 fully saturated rings. The largest absolute Gasteiger partial charge is 0.467 e. The van der Waals surface area contributed by atoms with Gasteiger partial charge in [0.15, 0.2) is 0 Å². The van der Waals surface area contributed by atoms with E-state index in [4.69, 9.17) is 10.00 Å². The SMILES string of the molecule is COC(=O)C(CCCCNC(=O)CC#N)NC(=O)OC(C)(C)C. The Morgan fingerprint density at radius 2 is 1.87 bits per heavy atom. The molecule has 0 aromatic rings. The zero-order valence-corrected chi connectivity index (χ0v) is 14.1. The molecule has 0 aliphatic heterocycles. The third-order valence-electron chi connectivity index (χ3n) is 2.66. The third-order valence-corrected chi connectivity index (χ3v) is 2.66. The average molecular weight is 327 g/mol. The van der Waals surface area contributed by atoms with Crippen LogP contribution in [0.2, 0.25) is 0 Å². The minimum atomic E-state index is -0.801.